The van der Waals surface area contributed by atoms with E-state index < -0.39 is 0 Å². The quantitative estimate of drug-likeness (QED) is 0.495. The Morgan fingerprint density at radius 3 is 1.25 bits per heavy atom. The molecule has 0 heterocycles. The first-order valence-electron chi connectivity index (χ1n) is 0.204. The van der Waals surface area contributed by atoms with Crippen LogP contribution in [-0.4, -0.2) is 0 Å². The molecule has 4 heavy (non-hydrogen) atoms. The van der Waals surface area contributed by atoms with Gasteiger partial charge in [-0.3, -0.25) is 0 Å². The molecular weight excluding hydrogens is 426 g/mol. The Hall–Kier alpha value is 2.93. The molecule has 1 nitrogen and oxygen atoms in total. The van der Waals surface area contributed by atoms with Gasteiger partial charge in [-0.15, -0.1) is 0 Å². The molecule has 0 amide bonds. The van der Waals surface area contributed by atoms with Crippen LogP contribution in [0.1, 0.15) is 0 Å². The van der Waals surface area contributed by atoms with Crippen molar-refractivity contribution in [1.82, 2.24) is 0 Å². The Labute approximate surface area is 92.7 Å². The molecule has 4 heteroatoms. The van der Waals surface area contributed by atoms with Gasteiger partial charge in [0.25, 0.3) is 0 Å². The van der Waals surface area contributed by atoms with Crippen LogP contribution in [0.5, 0.6) is 0 Å². The van der Waals surface area contributed by atoms with Crippen LogP contribution in [0.2, 0.25) is 0 Å². The zero-order valence-electron chi connectivity index (χ0n) is 1.91. The Morgan fingerprint density at radius 2 is 1.25 bits per heavy atom. The molecule has 0 fully saturated rings. The van der Waals surface area contributed by atoms with E-state index in [4.69, 9.17) is 2.81 Å². The van der Waals surface area contributed by atoms with E-state index >= 15 is 0 Å². The summed E-state index contributed by atoms with van der Waals surface area (Å²) in [6.45, 7) is 0. The van der Waals surface area contributed by atoms with Crippen LogP contribution >= 0.6 is 0 Å². The first-order valence-corrected chi connectivity index (χ1v) is 1.21. The molecule has 0 atom stereocenters. The van der Waals surface area contributed by atoms with Gasteiger partial charge in [0.1, 0.15) is 0 Å². The van der Waals surface area contributed by atoms with Gasteiger partial charge in [0.2, 0.25) is 0 Å². The second-order valence-corrected chi connectivity index (χ2v) is 0. The van der Waals surface area contributed by atoms with E-state index in [9.17, 15) is 0 Å². The van der Waals surface area contributed by atoms with Crippen LogP contribution in [-0.2, 0) is 53.4 Å². The van der Waals surface area contributed by atoms with Crippen molar-refractivity contribution in [3.63, 3.8) is 0 Å². The number of hydrogen-bond donors (Lipinski definition) is 0. The van der Waals surface area contributed by atoms with Crippen molar-refractivity contribution < 1.29 is 95.1 Å². The standard InChI is InChI=1S/Ce.Hf.O.Zr. The van der Waals surface area contributed by atoms with Crippen LogP contribution in [0.3, 0.4) is 0 Å². The van der Waals surface area contributed by atoms with E-state index in [1.54, 1.807) is 0 Å². The molecule has 0 bridgehead atoms. The van der Waals surface area contributed by atoms with Crippen LogP contribution < -0.4 is 0 Å². The fourth-order valence-corrected chi connectivity index (χ4v) is 0. The van der Waals surface area contributed by atoms with Gasteiger partial charge in [-0.05, 0) is 0 Å². The summed E-state index contributed by atoms with van der Waals surface area (Å²) in [5.41, 5.74) is 0. The second kappa shape index (κ2) is 16.8. The third-order valence-electron chi connectivity index (χ3n) is 0. The SMILES string of the molecule is [Ce].[Hf].[O]=[Zr]. The van der Waals surface area contributed by atoms with Gasteiger partial charge >= 0.3 is 27.5 Å². The number of hydrogen-bond acceptors (Lipinski definition) is 1. The maximum absolute atomic E-state index is 8.34. The Bertz CT molecular complexity index is 8.00. The zero-order chi connectivity index (χ0) is 2.00. The third kappa shape index (κ3) is 8.87. The topological polar surface area (TPSA) is 17.1 Å². The summed E-state index contributed by atoms with van der Waals surface area (Å²) in [6, 6.07) is 0. The zero-order valence-corrected chi connectivity index (χ0v) is 11.1. The summed E-state index contributed by atoms with van der Waals surface area (Å²) in [4.78, 5) is 0. The van der Waals surface area contributed by atoms with Crippen LogP contribution in [0, 0.1) is 41.7 Å². The third-order valence-corrected chi connectivity index (χ3v) is 0. The average Bonchev–Trinajstić information content (AvgIpc) is 1.00. The molecule has 0 aliphatic carbocycles. The predicted molar refractivity (Wildman–Crippen MR) is 0.686 cm³/mol. The van der Waals surface area contributed by atoms with Gasteiger partial charge in [0, 0.05) is 67.6 Å². The van der Waals surface area contributed by atoms with E-state index in [2.05, 4.69) is 0 Å². The van der Waals surface area contributed by atoms with E-state index in [0.29, 0.717) is 24.7 Å². The summed E-state index contributed by atoms with van der Waals surface area (Å²) >= 11 is 0.300. The summed E-state index contributed by atoms with van der Waals surface area (Å²) < 4.78 is 8.34. The van der Waals surface area contributed by atoms with Crippen molar-refractivity contribution in [2.24, 2.45) is 0 Å². The van der Waals surface area contributed by atoms with Crippen molar-refractivity contribution in [3.8, 4) is 0 Å². The number of rotatable bonds is 0. The van der Waals surface area contributed by atoms with Crippen LogP contribution in [0.4, 0.5) is 0 Å². The van der Waals surface area contributed by atoms with Gasteiger partial charge in [-0.25, -0.2) is 0 Å². The van der Waals surface area contributed by atoms with E-state index in [0.717, 1.165) is 0 Å². The summed E-state index contributed by atoms with van der Waals surface area (Å²) in [7, 11) is 0. The average molecular weight is 426 g/mol. The van der Waals surface area contributed by atoms with Crippen molar-refractivity contribution in [1.29, 1.82) is 0 Å². The summed E-state index contributed by atoms with van der Waals surface area (Å²) in [5, 5.41) is 0. The molecule has 0 rings (SSSR count). The summed E-state index contributed by atoms with van der Waals surface area (Å²) in [5.74, 6) is 0. The molecule has 0 aromatic rings. The molecular formula is CeHfOZr. The van der Waals surface area contributed by atoms with Crippen molar-refractivity contribution >= 4 is 0 Å². The van der Waals surface area contributed by atoms with Crippen LogP contribution in [0.15, 0.2) is 0 Å². The molecule has 0 saturated carbocycles. The monoisotopic (exact) mass is 426 g/mol. The summed E-state index contributed by atoms with van der Waals surface area (Å²) in [6.07, 6.45) is 0. The molecule has 0 aromatic carbocycles. The van der Waals surface area contributed by atoms with E-state index in [1.807, 2.05) is 0 Å². The molecule has 0 aromatic heterocycles. The first-order chi connectivity index (χ1) is 1.00. The minimum absolute atomic E-state index is 0. The maximum atomic E-state index is 8.34. The van der Waals surface area contributed by atoms with E-state index in [-0.39, 0.29) is 67.6 Å². The normalized spacial score (nSPS) is 0.750. The second-order valence-electron chi connectivity index (χ2n) is 0. The van der Waals surface area contributed by atoms with Gasteiger partial charge in [0.15, 0.2) is 0 Å². The molecule has 0 unspecified atom stereocenters. The molecule has 0 N–H and O–H groups in total. The van der Waals surface area contributed by atoms with Crippen molar-refractivity contribution in [3.05, 3.63) is 0 Å². The first kappa shape index (κ1) is 15.8. The van der Waals surface area contributed by atoms with Gasteiger partial charge in [-0.2, -0.15) is 0 Å². The fraction of sp³-hybridized carbons (Fsp3) is 0. The van der Waals surface area contributed by atoms with Gasteiger partial charge in [-0.1, -0.05) is 0 Å². The Kier molecular flexibility index (Phi) is 66.2. The minimum atomic E-state index is 0. The Morgan fingerprint density at radius 1 is 1.25 bits per heavy atom. The molecule has 0 radical (unpaired) electrons. The van der Waals surface area contributed by atoms with Gasteiger partial charge < -0.3 is 0 Å². The molecule has 18 valence electrons. The van der Waals surface area contributed by atoms with Gasteiger partial charge in [0.05, 0.1) is 0 Å². The predicted octanol–water partition coefficient (Wildman–Crippen LogP) is -0.124. The Balaban J connectivity index is -0.00000000500. The molecule has 0 aliphatic rings. The fourth-order valence-electron chi connectivity index (χ4n) is 0. The van der Waals surface area contributed by atoms with Crippen LogP contribution in [0.25, 0.3) is 0 Å². The molecule has 0 saturated heterocycles. The van der Waals surface area contributed by atoms with E-state index in [1.165, 1.54) is 0 Å². The molecule has 0 spiro atoms. The van der Waals surface area contributed by atoms with Crippen molar-refractivity contribution in [2.45, 2.75) is 0 Å². The molecule has 0 aliphatic heterocycles. The van der Waals surface area contributed by atoms with Crippen molar-refractivity contribution in [2.75, 3.05) is 0 Å².